The van der Waals surface area contributed by atoms with Gasteiger partial charge in [0, 0.05) is 26.2 Å². The number of likely N-dealkylation sites (N-methyl/N-ethyl adjacent to an activating group) is 1. The summed E-state index contributed by atoms with van der Waals surface area (Å²) in [7, 11) is 0. The molecule has 0 spiro atoms. The van der Waals surface area contributed by atoms with E-state index >= 15 is 0 Å². The summed E-state index contributed by atoms with van der Waals surface area (Å²) >= 11 is 0. The second kappa shape index (κ2) is 12.5. The highest BCUT2D eigenvalue weighted by Gasteiger charge is 2.17. The Morgan fingerprint density at radius 3 is 2.43 bits per heavy atom. The third-order valence-electron chi connectivity index (χ3n) is 3.75. The Morgan fingerprint density at radius 1 is 1.00 bits per heavy atom. The minimum Gasteiger partial charge on any atom is -0.378 e. The number of rotatable bonds is 10. The smallest absolute Gasteiger partial charge is 0.0701 e. The van der Waals surface area contributed by atoms with Gasteiger partial charge < -0.3 is 14.8 Å². The molecule has 1 aromatic carbocycles. The van der Waals surface area contributed by atoms with Crippen LogP contribution >= 0.6 is 0 Å². The molecular weight excluding hydrogens is 288 g/mol. The first kappa shape index (κ1) is 20.1. The van der Waals surface area contributed by atoms with Crippen molar-refractivity contribution in [3.63, 3.8) is 0 Å². The average molecular weight is 322 g/mol. The van der Waals surface area contributed by atoms with Crippen LogP contribution in [0.3, 0.4) is 0 Å². The third kappa shape index (κ3) is 7.93. The zero-order valence-electron chi connectivity index (χ0n) is 15.4. The molecule has 132 valence electrons. The molecule has 0 unspecified atom stereocenters. The highest BCUT2D eigenvalue weighted by molar-refractivity contribution is 5.34. The number of fused-ring (bicyclic) bond motifs is 1. The standard InChI is InChI=1S/C17H28N2O2.C2H6/c1-3-18-6-8-20-10-11-21-9-7-19-13-16-5-4-15(2)12-17(16)14-19;1-2/h4-5,12,18H,3,6-11,13-14H2,1-2H3;1-2H3. The Morgan fingerprint density at radius 2 is 1.70 bits per heavy atom. The van der Waals surface area contributed by atoms with Gasteiger partial charge in [0.1, 0.15) is 0 Å². The third-order valence-corrected chi connectivity index (χ3v) is 3.75. The summed E-state index contributed by atoms with van der Waals surface area (Å²) in [4.78, 5) is 2.44. The van der Waals surface area contributed by atoms with Gasteiger partial charge in [0.05, 0.1) is 26.4 Å². The summed E-state index contributed by atoms with van der Waals surface area (Å²) in [6.07, 6.45) is 0. The van der Waals surface area contributed by atoms with E-state index in [9.17, 15) is 0 Å². The molecule has 0 fully saturated rings. The summed E-state index contributed by atoms with van der Waals surface area (Å²) in [6.45, 7) is 16.2. The highest BCUT2D eigenvalue weighted by atomic mass is 16.5. The van der Waals surface area contributed by atoms with E-state index in [1.54, 1.807) is 0 Å². The lowest BCUT2D eigenvalue weighted by atomic mass is 10.1. The number of hydrogen-bond donors (Lipinski definition) is 1. The normalized spacial score (nSPS) is 13.6. The molecule has 0 saturated heterocycles. The van der Waals surface area contributed by atoms with Crippen LogP contribution < -0.4 is 5.32 Å². The molecule has 0 aliphatic carbocycles. The van der Waals surface area contributed by atoms with Crippen molar-refractivity contribution < 1.29 is 9.47 Å². The van der Waals surface area contributed by atoms with Crippen molar-refractivity contribution in [1.82, 2.24) is 10.2 Å². The van der Waals surface area contributed by atoms with Gasteiger partial charge in [-0.1, -0.05) is 44.5 Å². The minimum atomic E-state index is 0.685. The Kier molecular flexibility index (Phi) is 10.9. The first-order valence-electron chi connectivity index (χ1n) is 8.96. The van der Waals surface area contributed by atoms with E-state index in [4.69, 9.17) is 9.47 Å². The van der Waals surface area contributed by atoms with Gasteiger partial charge in [-0.15, -0.1) is 0 Å². The maximum absolute atomic E-state index is 5.64. The number of nitrogens with zero attached hydrogens (tertiary/aromatic N) is 1. The van der Waals surface area contributed by atoms with E-state index in [0.29, 0.717) is 13.2 Å². The van der Waals surface area contributed by atoms with Crippen LogP contribution in [0.4, 0.5) is 0 Å². The fraction of sp³-hybridized carbons (Fsp3) is 0.684. The Labute approximate surface area is 142 Å². The lowest BCUT2D eigenvalue weighted by molar-refractivity contribution is 0.0392. The molecule has 0 bridgehead atoms. The van der Waals surface area contributed by atoms with E-state index in [0.717, 1.165) is 45.9 Å². The van der Waals surface area contributed by atoms with Crippen LogP contribution in [-0.4, -0.2) is 51.0 Å². The van der Waals surface area contributed by atoms with Gasteiger partial charge in [-0.3, -0.25) is 4.90 Å². The lowest BCUT2D eigenvalue weighted by Gasteiger charge is -2.14. The van der Waals surface area contributed by atoms with Gasteiger partial charge in [-0.25, -0.2) is 0 Å². The number of aryl methyl sites for hydroxylation is 1. The Hall–Kier alpha value is -0.940. The molecule has 0 aromatic heterocycles. The van der Waals surface area contributed by atoms with Crippen molar-refractivity contribution in [2.75, 3.05) is 46.1 Å². The van der Waals surface area contributed by atoms with E-state index in [1.807, 2.05) is 13.8 Å². The van der Waals surface area contributed by atoms with Crippen LogP contribution in [0.25, 0.3) is 0 Å². The Bertz CT molecular complexity index is 424. The fourth-order valence-electron chi connectivity index (χ4n) is 2.59. The summed E-state index contributed by atoms with van der Waals surface area (Å²) in [5.41, 5.74) is 4.29. The van der Waals surface area contributed by atoms with Crippen LogP contribution in [0.15, 0.2) is 18.2 Å². The molecule has 4 nitrogen and oxygen atoms in total. The molecule has 1 aromatic rings. The van der Waals surface area contributed by atoms with E-state index in [1.165, 1.54) is 16.7 Å². The summed E-state index contributed by atoms with van der Waals surface area (Å²) in [6, 6.07) is 6.75. The van der Waals surface area contributed by atoms with Crippen molar-refractivity contribution in [3.05, 3.63) is 34.9 Å². The van der Waals surface area contributed by atoms with Crippen LogP contribution in [0.2, 0.25) is 0 Å². The van der Waals surface area contributed by atoms with Gasteiger partial charge in [0.25, 0.3) is 0 Å². The van der Waals surface area contributed by atoms with Crippen LogP contribution in [0.1, 0.15) is 37.5 Å². The van der Waals surface area contributed by atoms with E-state index in [2.05, 4.69) is 42.3 Å². The predicted octanol–water partition coefficient (Wildman–Crippen LogP) is 2.98. The van der Waals surface area contributed by atoms with Crippen molar-refractivity contribution in [1.29, 1.82) is 0 Å². The molecule has 2 rings (SSSR count). The van der Waals surface area contributed by atoms with Gasteiger partial charge in [-0.05, 0) is 24.6 Å². The first-order chi connectivity index (χ1) is 11.3. The SMILES string of the molecule is CC.CCNCCOCCOCCN1Cc2ccc(C)cc2C1. The van der Waals surface area contributed by atoms with E-state index < -0.39 is 0 Å². The lowest BCUT2D eigenvalue weighted by Crippen LogP contribution is -2.23. The number of benzene rings is 1. The molecule has 0 saturated carbocycles. The number of nitrogens with one attached hydrogen (secondary N) is 1. The van der Waals surface area contributed by atoms with Crippen molar-refractivity contribution >= 4 is 0 Å². The molecule has 0 atom stereocenters. The van der Waals surface area contributed by atoms with Gasteiger partial charge in [-0.2, -0.15) is 0 Å². The zero-order chi connectivity index (χ0) is 16.9. The molecular formula is C19H34N2O2. The summed E-state index contributed by atoms with van der Waals surface area (Å²) < 4.78 is 11.1. The molecule has 0 amide bonds. The molecule has 23 heavy (non-hydrogen) atoms. The Balaban J connectivity index is 0.00000127. The zero-order valence-corrected chi connectivity index (χ0v) is 15.4. The number of hydrogen-bond acceptors (Lipinski definition) is 4. The molecule has 0 radical (unpaired) electrons. The average Bonchev–Trinajstić information content (AvgIpc) is 2.97. The van der Waals surface area contributed by atoms with Crippen LogP contribution in [0, 0.1) is 6.92 Å². The van der Waals surface area contributed by atoms with Crippen molar-refractivity contribution in [2.24, 2.45) is 0 Å². The first-order valence-corrected chi connectivity index (χ1v) is 8.96. The predicted molar refractivity (Wildman–Crippen MR) is 96.8 cm³/mol. The quantitative estimate of drug-likeness (QED) is 0.672. The summed E-state index contributed by atoms with van der Waals surface area (Å²) in [5.74, 6) is 0. The highest BCUT2D eigenvalue weighted by Crippen LogP contribution is 2.23. The molecule has 1 N–H and O–H groups in total. The van der Waals surface area contributed by atoms with Crippen molar-refractivity contribution in [2.45, 2.75) is 40.8 Å². The molecule has 1 heterocycles. The fourth-order valence-corrected chi connectivity index (χ4v) is 2.59. The topological polar surface area (TPSA) is 33.7 Å². The van der Waals surface area contributed by atoms with Gasteiger partial charge in [0.15, 0.2) is 0 Å². The second-order valence-corrected chi connectivity index (χ2v) is 5.56. The maximum Gasteiger partial charge on any atom is 0.0701 e. The molecule has 4 heteroatoms. The van der Waals surface area contributed by atoms with Gasteiger partial charge in [0.2, 0.25) is 0 Å². The van der Waals surface area contributed by atoms with Crippen molar-refractivity contribution in [3.8, 4) is 0 Å². The second-order valence-electron chi connectivity index (χ2n) is 5.56. The molecule has 1 aliphatic heterocycles. The minimum absolute atomic E-state index is 0.685. The monoisotopic (exact) mass is 322 g/mol. The largest absolute Gasteiger partial charge is 0.378 e. The van der Waals surface area contributed by atoms with Crippen LogP contribution in [0.5, 0.6) is 0 Å². The maximum atomic E-state index is 5.64. The van der Waals surface area contributed by atoms with E-state index in [-0.39, 0.29) is 0 Å². The molecule has 1 aliphatic rings. The van der Waals surface area contributed by atoms with Gasteiger partial charge >= 0.3 is 0 Å². The summed E-state index contributed by atoms with van der Waals surface area (Å²) in [5, 5.41) is 3.23. The number of ether oxygens (including phenoxy) is 2. The van der Waals surface area contributed by atoms with Crippen LogP contribution in [-0.2, 0) is 22.6 Å².